The molecule has 0 aromatic heterocycles. The average Bonchev–Trinajstić information content (AvgIpc) is 2.52. The first kappa shape index (κ1) is 17.5. The van der Waals surface area contributed by atoms with Crippen molar-refractivity contribution in [2.45, 2.75) is 13.8 Å². The van der Waals surface area contributed by atoms with Gasteiger partial charge in [0.2, 0.25) is 0 Å². The Morgan fingerprint density at radius 2 is 1.14 bits per heavy atom. The fraction of sp³-hybridized carbons (Fsp3) is 0.375. The number of halogens is 2. The number of hydrogen-bond acceptors (Lipinski definition) is 4. The Bertz CT molecular complexity index is 576. The maximum absolute atomic E-state index is 5.60. The average molecular weight is 434 g/mol. The molecule has 2 aromatic rings. The fourth-order valence-corrected chi connectivity index (χ4v) is 3.08. The zero-order valence-corrected chi connectivity index (χ0v) is 15.7. The first-order valence-corrected chi connectivity index (χ1v) is 8.59. The fourth-order valence-electron chi connectivity index (χ4n) is 1.89. The Kier molecular flexibility index (Phi) is 6.95. The number of fused-ring (bicyclic) bond motifs is 1. The Balaban J connectivity index is 2.26. The van der Waals surface area contributed by atoms with Crippen LogP contribution in [-0.4, -0.2) is 26.8 Å². The van der Waals surface area contributed by atoms with E-state index in [1.807, 2.05) is 38.1 Å². The molecule has 0 amide bonds. The van der Waals surface area contributed by atoms with Crippen molar-refractivity contribution in [2.24, 2.45) is 0 Å². The standard InChI is InChI=1S/C16H18Br2O4/c1-3-19-9-21-13-7-5-12-11(15(13)17)6-8-14(16(12)18)22-10-20-4-2/h5-8H,3-4,9-10H2,1-2H3. The summed E-state index contributed by atoms with van der Waals surface area (Å²) < 4.78 is 23.4. The molecule has 0 aliphatic carbocycles. The van der Waals surface area contributed by atoms with Gasteiger partial charge in [-0.15, -0.1) is 0 Å². The van der Waals surface area contributed by atoms with Gasteiger partial charge in [-0.25, -0.2) is 0 Å². The molecule has 0 saturated carbocycles. The van der Waals surface area contributed by atoms with Crippen molar-refractivity contribution in [1.82, 2.24) is 0 Å². The Morgan fingerprint density at radius 3 is 1.50 bits per heavy atom. The van der Waals surface area contributed by atoms with Gasteiger partial charge in [-0.1, -0.05) is 0 Å². The first-order chi connectivity index (χ1) is 10.7. The van der Waals surface area contributed by atoms with Crippen LogP contribution < -0.4 is 9.47 Å². The molecule has 120 valence electrons. The van der Waals surface area contributed by atoms with E-state index in [9.17, 15) is 0 Å². The van der Waals surface area contributed by atoms with E-state index in [2.05, 4.69) is 31.9 Å². The highest BCUT2D eigenvalue weighted by Crippen LogP contribution is 2.40. The Labute approximate surface area is 146 Å². The van der Waals surface area contributed by atoms with Crippen LogP contribution in [0.25, 0.3) is 10.8 Å². The summed E-state index contributed by atoms with van der Waals surface area (Å²) in [5.74, 6) is 1.49. The van der Waals surface area contributed by atoms with Crippen molar-refractivity contribution in [3.63, 3.8) is 0 Å². The molecule has 0 heterocycles. The van der Waals surface area contributed by atoms with Gasteiger partial charge in [0.25, 0.3) is 0 Å². The van der Waals surface area contributed by atoms with Crippen molar-refractivity contribution >= 4 is 42.6 Å². The third kappa shape index (κ3) is 4.13. The first-order valence-electron chi connectivity index (χ1n) is 7.00. The molecule has 0 fully saturated rings. The topological polar surface area (TPSA) is 36.9 Å². The quantitative estimate of drug-likeness (QED) is 0.428. The van der Waals surface area contributed by atoms with Gasteiger partial charge in [0.15, 0.2) is 13.6 Å². The minimum Gasteiger partial charge on any atom is -0.466 e. The molecule has 2 aromatic carbocycles. The molecule has 0 atom stereocenters. The number of ether oxygens (including phenoxy) is 4. The maximum Gasteiger partial charge on any atom is 0.189 e. The van der Waals surface area contributed by atoms with E-state index < -0.39 is 0 Å². The van der Waals surface area contributed by atoms with E-state index in [-0.39, 0.29) is 13.6 Å². The third-order valence-electron chi connectivity index (χ3n) is 3.00. The predicted molar refractivity (Wildman–Crippen MR) is 93.6 cm³/mol. The lowest BCUT2D eigenvalue weighted by molar-refractivity contribution is 0.0216. The van der Waals surface area contributed by atoms with Crippen LogP contribution in [-0.2, 0) is 9.47 Å². The van der Waals surface area contributed by atoms with Crippen LogP contribution in [0.1, 0.15) is 13.8 Å². The van der Waals surface area contributed by atoms with E-state index in [0.717, 1.165) is 31.2 Å². The summed E-state index contributed by atoms with van der Waals surface area (Å²) in [4.78, 5) is 0. The van der Waals surface area contributed by atoms with Crippen LogP contribution in [0.4, 0.5) is 0 Å². The van der Waals surface area contributed by atoms with E-state index in [0.29, 0.717) is 13.2 Å². The predicted octanol–water partition coefficient (Wildman–Crippen LogP) is 5.11. The number of rotatable bonds is 8. The van der Waals surface area contributed by atoms with Gasteiger partial charge in [0.05, 0.1) is 8.95 Å². The molecule has 0 aliphatic heterocycles. The summed E-state index contributed by atoms with van der Waals surface area (Å²) in [5, 5.41) is 2.06. The summed E-state index contributed by atoms with van der Waals surface area (Å²) >= 11 is 7.18. The van der Waals surface area contributed by atoms with Crippen LogP contribution in [0.5, 0.6) is 11.5 Å². The van der Waals surface area contributed by atoms with E-state index >= 15 is 0 Å². The molecule has 0 radical (unpaired) electrons. The largest absolute Gasteiger partial charge is 0.466 e. The van der Waals surface area contributed by atoms with Crippen LogP contribution in [0, 0.1) is 0 Å². The van der Waals surface area contributed by atoms with Crippen LogP contribution in [0.3, 0.4) is 0 Å². The van der Waals surface area contributed by atoms with Crippen LogP contribution >= 0.6 is 31.9 Å². The van der Waals surface area contributed by atoms with E-state index in [4.69, 9.17) is 18.9 Å². The molecule has 4 nitrogen and oxygen atoms in total. The van der Waals surface area contributed by atoms with Crippen molar-refractivity contribution in [2.75, 3.05) is 26.8 Å². The highest BCUT2D eigenvalue weighted by atomic mass is 79.9. The second-order valence-corrected chi connectivity index (χ2v) is 5.95. The maximum atomic E-state index is 5.60. The monoisotopic (exact) mass is 432 g/mol. The van der Waals surface area contributed by atoms with Crippen molar-refractivity contribution in [3.05, 3.63) is 33.2 Å². The lowest BCUT2D eigenvalue weighted by atomic mass is 10.1. The summed E-state index contributed by atoms with van der Waals surface area (Å²) in [7, 11) is 0. The normalized spacial score (nSPS) is 10.9. The molecule has 2 rings (SSSR count). The molecule has 0 spiro atoms. The van der Waals surface area contributed by atoms with E-state index in [1.54, 1.807) is 0 Å². The SMILES string of the molecule is CCOCOc1ccc2c(Br)c(OCOCC)ccc2c1Br. The van der Waals surface area contributed by atoms with Crippen molar-refractivity contribution in [3.8, 4) is 11.5 Å². The van der Waals surface area contributed by atoms with Gasteiger partial charge in [0.1, 0.15) is 11.5 Å². The minimum atomic E-state index is 0.233. The summed E-state index contributed by atoms with van der Waals surface area (Å²) in [6.45, 7) is 5.57. The van der Waals surface area contributed by atoms with Gasteiger partial charge in [-0.3, -0.25) is 0 Å². The van der Waals surface area contributed by atoms with Crippen LogP contribution in [0.2, 0.25) is 0 Å². The molecule has 0 N–H and O–H groups in total. The van der Waals surface area contributed by atoms with Crippen molar-refractivity contribution in [1.29, 1.82) is 0 Å². The van der Waals surface area contributed by atoms with Gasteiger partial charge in [0, 0.05) is 24.0 Å². The summed E-state index contributed by atoms with van der Waals surface area (Å²) in [5.41, 5.74) is 0. The van der Waals surface area contributed by atoms with Crippen molar-refractivity contribution < 1.29 is 18.9 Å². The molecule has 6 heteroatoms. The molecule has 22 heavy (non-hydrogen) atoms. The molecule has 0 bridgehead atoms. The molecule has 0 unspecified atom stereocenters. The second kappa shape index (κ2) is 8.72. The van der Waals surface area contributed by atoms with E-state index in [1.165, 1.54) is 0 Å². The zero-order chi connectivity index (χ0) is 15.9. The zero-order valence-electron chi connectivity index (χ0n) is 12.5. The highest BCUT2D eigenvalue weighted by Gasteiger charge is 2.12. The molecular weight excluding hydrogens is 416 g/mol. The number of hydrogen-bond donors (Lipinski definition) is 0. The summed E-state index contributed by atoms with van der Waals surface area (Å²) in [6, 6.07) is 7.78. The summed E-state index contributed by atoms with van der Waals surface area (Å²) in [6.07, 6.45) is 0. The van der Waals surface area contributed by atoms with Gasteiger partial charge in [-0.05, 0) is 70.0 Å². The van der Waals surface area contributed by atoms with Gasteiger partial charge < -0.3 is 18.9 Å². The second-order valence-electron chi connectivity index (χ2n) is 4.36. The van der Waals surface area contributed by atoms with Crippen LogP contribution in [0.15, 0.2) is 33.2 Å². The highest BCUT2D eigenvalue weighted by molar-refractivity contribution is 9.11. The Hall–Kier alpha value is -0.820. The Morgan fingerprint density at radius 1 is 0.727 bits per heavy atom. The van der Waals surface area contributed by atoms with Gasteiger partial charge in [-0.2, -0.15) is 0 Å². The number of benzene rings is 2. The lowest BCUT2D eigenvalue weighted by Gasteiger charge is -2.13. The molecule has 0 aliphatic rings. The third-order valence-corrected chi connectivity index (χ3v) is 4.64. The molecule has 0 saturated heterocycles. The minimum absolute atomic E-state index is 0.233. The lowest BCUT2D eigenvalue weighted by Crippen LogP contribution is -2.03. The smallest absolute Gasteiger partial charge is 0.189 e. The van der Waals surface area contributed by atoms with Gasteiger partial charge >= 0.3 is 0 Å². The molecular formula is C16H18Br2O4.